The molecule has 2 N–H and O–H groups in total. The summed E-state index contributed by atoms with van der Waals surface area (Å²) in [6.45, 7) is 4.99. The topological polar surface area (TPSA) is 75.6 Å². The summed E-state index contributed by atoms with van der Waals surface area (Å²) >= 11 is 3.12. The Balaban J connectivity index is 2.79. The molecule has 7 heteroatoms. The lowest BCUT2D eigenvalue weighted by atomic mass is 10.1. The van der Waals surface area contributed by atoms with Crippen LogP contribution in [0.25, 0.3) is 0 Å². The Morgan fingerprint density at radius 1 is 1.43 bits per heavy atom. The number of amides is 1. The van der Waals surface area contributed by atoms with Gasteiger partial charge in [-0.05, 0) is 38.5 Å². The highest BCUT2D eigenvalue weighted by atomic mass is 79.9. The summed E-state index contributed by atoms with van der Waals surface area (Å²) in [7, 11) is 0. The van der Waals surface area contributed by atoms with Crippen LogP contribution in [0.4, 0.5) is 9.18 Å². The minimum atomic E-state index is -1.27. The molecule has 1 rings (SSSR count). The summed E-state index contributed by atoms with van der Waals surface area (Å²) in [5.74, 6) is -1.80. The van der Waals surface area contributed by atoms with Crippen LogP contribution < -0.4 is 5.32 Å². The Morgan fingerprint density at radius 2 is 2.05 bits per heavy atom. The predicted molar refractivity (Wildman–Crippen MR) is 78.6 cm³/mol. The second-order valence-electron chi connectivity index (χ2n) is 5.48. The van der Waals surface area contributed by atoms with Crippen LogP contribution in [0.5, 0.6) is 0 Å². The molecule has 0 aliphatic rings. The molecule has 1 aromatic rings. The highest BCUT2D eigenvalue weighted by molar-refractivity contribution is 9.10. The van der Waals surface area contributed by atoms with Crippen molar-refractivity contribution in [1.29, 1.82) is 0 Å². The Labute approximate surface area is 130 Å². The summed E-state index contributed by atoms with van der Waals surface area (Å²) in [5, 5.41) is 11.3. The molecular formula is C14H17BrFNO4. The summed E-state index contributed by atoms with van der Waals surface area (Å²) < 4.78 is 19.3. The molecule has 0 bridgehead atoms. The monoisotopic (exact) mass is 361 g/mol. The van der Waals surface area contributed by atoms with Crippen molar-refractivity contribution in [3.8, 4) is 0 Å². The number of carboxylic acid groups (broad SMARTS) is 1. The first-order valence-corrected chi connectivity index (χ1v) is 7.04. The van der Waals surface area contributed by atoms with Crippen LogP contribution in [0.1, 0.15) is 26.3 Å². The van der Waals surface area contributed by atoms with E-state index in [1.165, 1.54) is 12.1 Å². The Kier molecular flexibility index (Phi) is 5.71. The lowest BCUT2D eigenvalue weighted by Gasteiger charge is -2.22. The highest BCUT2D eigenvalue weighted by Gasteiger charge is 2.25. The number of nitrogens with one attached hydrogen (secondary N) is 1. The van der Waals surface area contributed by atoms with Crippen LogP contribution >= 0.6 is 15.9 Å². The zero-order valence-corrected chi connectivity index (χ0v) is 13.5. The van der Waals surface area contributed by atoms with E-state index in [9.17, 15) is 14.0 Å². The third-order valence-electron chi connectivity index (χ3n) is 2.43. The second kappa shape index (κ2) is 6.89. The van der Waals surface area contributed by atoms with Gasteiger partial charge in [-0.1, -0.05) is 22.0 Å². The fraction of sp³-hybridized carbons (Fsp3) is 0.429. The van der Waals surface area contributed by atoms with Gasteiger partial charge in [0.15, 0.2) is 0 Å². The van der Waals surface area contributed by atoms with E-state index in [1.54, 1.807) is 26.8 Å². The minimum Gasteiger partial charge on any atom is -0.480 e. The smallest absolute Gasteiger partial charge is 0.408 e. The third-order valence-corrected chi connectivity index (χ3v) is 2.92. The molecule has 0 aliphatic heterocycles. The van der Waals surface area contributed by atoms with Crippen molar-refractivity contribution >= 4 is 28.0 Å². The number of carbonyl (C=O) groups excluding carboxylic acids is 1. The molecular weight excluding hydrogens is 345 g/mol. The molecule has 0 saturated heterocycles. The van der Waals surface area contributed by atoms with Gasteiger partial charge in [-0.2, -0.15) is 0 Å². The minimum absolute atomic E-state index is 0.173. The Bertz CT molecular complexity index is 542. The van der Waals surface area contributed by atoms with Crippen LogP contribution in [0.3, 0.4) is 0 Å². The lowest BCUT2D eigenvalue weighted by molar-refractivity contribution is -0.139. The molecule has 0 aliphatic carbocycles. The highest BCUT2D eigenvalue weighted by Crippen LogP contribution is 2.17. The fourth-order valence-corrected chi connectivity index (χ4v) is 1.89. The lowest BCUT2D eigenvalue weighted by Crippen LogP contribution is -2.44. The van der Waals surface area contributed by atoms with E-state index in [0.29, 0.717) is 4.47 Å². The van der Waals surface area contributed by atoms with E-state index in [4.69, 9.17) is 9.84 Å². The standard InChI is InChI=1S/C14H17BrFNO4/c1-14(2,3)21-13(20)17-11(12(18)19)6-8-4-5-9(15)7-10(8)16/h4-5,7,11H,6H2,1-3H3,(H,17,20)(H,18,19)/t11-/m1/s1. The number of hydrogen-bond donors (Lipinski definition) is 2. The number of carboxylic acids is 1. The van der Waals surface area contributed by atoms with Crippen LogP contribution in [0.2, 0.25) is 0 Å². The normalized spacial score (nSPS) is 12.6. The van der Waals surface area contributed by atoms with Crippen molar-refractivity contribution in [3.63, 3.8) is 0 Å². The van der Waals surface area contributed by atoms with E-state index >= 15 is 0 Å². The molecule has 1 atom stereocenters. The van der Waals surface area contributed by atoms with Gasteiger partial charge in [0.1, 0.15) is 17.5 Å². The molecule has 21 heavy (non-hydrogen) atoms. The summed E-state index contributed by atoms with van der Waals surface area (Å²) in [6.07, 6.45) is -1.03. The number of hydrogen-bond acceptors (Lipinski definition) is 3. The van der Waals surface area contributed by atoms with Gasteiger partial charge in [0, 0.05) is 10.9 Å². The summed E-state index contributed by atoms with van der Waals surface area (Å²) in [6, 6.07) is 3.04. The number of carbonyl (C=O) groups is 2. The average molecular weight is 362 g/mol. The van der Waals surface area contributed by atoms with Gasteiger partial charge in [0.2, 0.25) is 0 Å². The van der Waals surface area contributed by atoms with Crippen LogP contribution in [0, 0.1) is 5.82 Å². The summed E-state index contributed by atoms with van der Waals surface area (Å²) in [4.78, 5) is 22.8. The molecule has 0 saturated carbocycles. The number of rotatable bonds is 4. The van der Waals surface area contributed by atoms with Crippen molar-refractivity contribution < 1.29 is 23.8 Å². The predicted octanol–water partition coefficient (Wildman–Crippen LogP) is 3.11. The largest absolute Gasteiger partial charge is 0.480 e. The Hall–Kier alpha value is -1.63. The molecule has 0 radical (unpaired) electrons. The zero-order chi connectivity index (χ0) is 16.2. The van der Waals surface area contributed by atoms with Crippen molar-refractivity contribution in [2.45, 2.75) is 38.8 Å². The van der Waals surface area contributed by atoms with Gasteiger partial charge in [-0.25, -0.2) is 14.0 Å². The van der Waals surface area contributed by atoms with Gasteiger partial charge in [0.25, 0.3) is 0 Å². The van der Waals surface area contributed by atoms with E-state index in [1.807, 2.05) is 0 Å². The Morgan fingerprint density at radius 3 is 2.52 bits per heavy atom. The first-order chi connectivity index (χ1) is 9.58. The SMILES string of the molecule is CC(C)(C)OC(=O)N[C@H](Cc1ccc(Br)cc1F)C(=O)O. The van der Waals surface area contributed by atoms with Crippen molar-refractivity contribution in [2.75, 3.05) is 0 Å². The maximum absolute atomic E-state index is 13.7. The first-order valence-electron chi connectivity index (χ1n) is 6.25. The van der Waals surface area contributed by atoms with Crippen molar-refractivity contribution in [1.82, 2.24) is 5.32 Å². The molecule has 5 nitrogen and oxygen atoms in total. The van der Waals surface area contributed by atoms with E-state index in [-0.39, 0.29) is 12.0 Å². The van der Waals surface area contributed by atoms with E-state index in [2.05, 4.69) is 21.2 Å². The van der Waals surface area contributed by atoms with Gasteiger partial charge in [-0.15, -0.1) is 0 Å². The molecule has 0 unspecified atom stereocenters. The number of aliphatic carboxylic acids is 1. The maximum atomic E-state index is 13.7. The molecule has 0 aromatic heterocycles. The van der Waals surface area contributed by atoms with Gasteiger partial charge < -0.3 is 15.2 Å². The third kappa shape index (κ3) is 6.12. The van der Waals surface area contributed by atoms with Crippen LogP contribution in [-0.2, 0) is 16.0 Å². The molecule has 0 heterocycles. The van der Waals surface area contributed by atoms with E-state index < -0.39 is 29.5 Å². The van der Waals surface area contributed by atoms with Gasteiger partial charge in [-0.3, -0.25) is 0 Å². The number of alkyl carbamates (subject to hydrolysis) is 1. The number of ether oxygens (including phenoxy) is 1. The molecule has 0 spiro atoms. The van der Waals surface area contributed by atoms with Gasteiger partial charge in [0.05, 0.1) is 0 Å². The van der Waals surface area contributed by atoms with Crippen molar-refractivity contribution in [2.24, 2.45) is 0 Å². The quantitative estimate of drug-likeness (QED) is 0.863. The van der Waals surface area contributed by atoms with Gasteiger partial charge >= 0.3 is 12.1 Å². The average Bonchev–Trinajstić information content (AvgIpc) is 2.28. The summed E-state index contributed by atoms with van der Waals surface area (Å²) in [5.41, 5.74) is -0.544. The fourth-order valence-electron chi connectivity index (χ4n) is 1.56. The second-order valence-corrected chi connectivity index (χ2v) is 6.39. The zero-order valence-electron chi connectivity index (χ0n) is 11.9. The molecule has 1 aromatic carbocycles. The van der Waals surface area contributed by atoms with E-state index in [0.717, 1.165) is 0 Å². The maximum Gasteiger partial charge on any atom is 0.408 e. The molecule has 0 fully saturated rings. The number of benzene rings is 1. The van der Waals surface area contributed by atoms with Crippen LogP contribution in [0.15, 0.2) is 22.7 Å². The molecule has 1 amide bonds. The molecule has 116 valence electrons. The van der Waals surface area contributed by atoms with Crippen molar-refractivity contribution in [3.05, 3.63) is 34.1 Å². The number of halogens is 2. The first kappa shape index (κ1) is 17.4. The van der Waals surface area contributed by atoms with Crippen LogP contribution in [-0.4, -0.2) is 28.8 Å².